The molecule has 1 aromatic carbocycles. The molecule has 7 nitrogen and oxygen atoms in total. The zero-order chi connectivity index (χ0) is 18.5. The number of aromatic nitrogens is 1. The Hall–Kier alpha value is -3.00. The molecule has 3 rings (SSSR count). The topological polar surface area (TPSA) is 108 Å². The minimum absolute atomic E-state index is 0.291. The third-order valence-corrected chi connectivity index (χ3v) is 4.84. The number of carboxylic acid groups (broad SMARTS) is 1. The molecule has 1 heterocycles. The van der Waals surface area contributed by atoms with Crippen LogP contribution >= 0.6 is 11.3 Å². The number of thiazole rings is 1. The first kappa shape index (κ1) is 17.8. The van der Waals surface area contributed by atoms with Crippen LogP contribution in [0.4, 0.5) is 10.8 Å². The van der Waals surface area contributed by atoms with E-state index in [9.17, 15) is 19.5 Å². The summed E-state index contributed by atoms with van der Waals surface area (Å²) in [4.78, 5) is 39.8. The van der Waals surface area contributed by atoms with E-state index in [1.54, 1.807) is 41.9 Å². The Bertz CT molecular complexity index is 831. The van der Waals surface area contributed by atoms with Crippen molar-refractivity contribution in [2.45, 2.75) is 12.8 Å². The molecular formula is C18H17N3O4S. The van der Waals surface area contributed by atoms with E-state index in [0.29, 0.717) is 29.2 Å². The van der Waals surface area contributed by atoms with Gasteiger partial charge in [-0.05, 0) is 37.1 Å². The predicted molar refractivity (Wildman–Crippen MR) is 98.1 cm³/mol. The third-order valence-electron chi connectivity index (χ3n) is 4.15. The van der Waals surface area contributed by atoms with E-state index < -0.39 is 17.8 Å². The van der Waals surface area contributed by atoms with Crippen LogP contribution in [0.25, 0.3) is 0 Å². The van der Waals surface area contributed by atoms with Crippen LogP contribution in [0.5, 0.6) is 0 Å². The number of aliphatic carboxylic acids is 1. The Balaban J connectivity index is 1.63. The number of carbonyl (C=O) groups excluding carboxylic acids is 2. The minimum Gasteiger partial charge on any atom is -0.481 e. The molecule has 0 saturated carbocycles. The first-order chi connectivity index (χ1) is 12.5. The highest BCUT2D eigenvalue weighted by atomic mass is 32.1. The second-order valence-electron chi connectivity index (χ2n) is 5.85. The number of anilines is 2. The normalized spacial score (nSPS) is 18.9. The lowest BCUT2D eigenvalue weighted by Gasteiger charge is -2.24. The zero-order valence-electron chi connectivity index (χ0n) is 13.7. The molecule has 1 aliphatic carbocycles. The smallest absolute Gasteiger partial charge is 0.307 e. The van der Waals surface area contributed by atoms with Crippen LogP contribution in [0.2, 0.25) is 0 Å². The van der Waals surface area contributed by atoms with Gasteiger partial charge in [-0.2, -0.15) is 0 Å². The van der Waals surface area contributed by atoms with Gasteiger partial charge in [0.2, 0.25) is 5.91 Å². The molecular weight excluding hydrogens is 354 g/mol. The van der Waals surface area contributed by atoms with E-state index >= 15 is 0 Å². The first-order valence-corrected chi connectivity index (χ1v) is 8.92. The summed E-state index contributed by atoms with van der Waals surface area (Å²) in [5.41, 5.74) is 0.946. The maximum Gasteiger partial charge on any atom is 0.307 e. The Morgan fingerprint density at radius 3 is 2.35 bits per heavy atom. The maximum absolute atomic E-state index is 12.4. The molecule has 134 valence electrons. The van der Waals surface area contributed by atoms with Crippen LogP contribution in [-0.4, -0.2) is 27.9 Å². The molecule has 2 aromatic rings. The number of amides is 2. The third kappa shape index (κ3) is 4.15. The van der Waals surface area contributed by atoms with Crippen LogP contribution in [0, 0.1) is 11.8 Å². The number of allylic oxidation sites excluding steroid dienone is 2. The van der Waals surface area contributed by atoms with Gasteiger partial charge in [0.25, 0.3) is 5.91 Å². The van der Waals surface area contributed by atoms with E-state index in [1.165, 1.54) is 11.3 Å². The molecule has 0 radical (unpaired) electrons. The van der Waals surface area contributed by atoms with Gasteiger partial charge in [-0.1, -0.05) is 12.2 Å². The average molecular weight is 371 g/mol. The van der Waals surface area contributed by atoms with Crippen molar-refractivity contribution in [2.75, 3.05) is 10.6 Å². The number of nitrogens with one attached hydrogen (secondary N) is 2. The molecule has 2 amide bonds. The van der Waals surface area contributed by atoms with Crippen LogP contribution in [0.15, 0.2) is 48.0 Å². The molecule has 0 unspecified atom stereocenters. The van der Waals surface area contributed by atoms with Gasteiger partial charge in [-0.25, -0.2) is 4.98 Å². The molecule has 0 bridgehead atoms. The van der Waals surface area contributed by atoms with E-state index in [0.717, 1.165) is 0 Å². The van der Waals surface area contributed by atoms with Gasteiger partial charge >= 0.3 is 5.97 Å². The fourth-order valence-electron chi connectivity index (χ4n) is 2.77. The van der Waals surface area contributed by atoms with Gasteiger partial charge in [0.15, 0.2) is 5.13 Å². The molecule has 1 aliphatic rings. The highest BCUT2D eigenvalue weighted by molar-refractivity contribution is 7.13. The van der Waals surface area contributed by atoms with Crippen molar-refractivity contribution in [3.05, 3.63) is 53.6 Å². The van der Waals surface area contributed by atoms with Gasteiger partial charge in [0.05, 0.1) is 11.8 Å². The van der Waals surface area contributed by atoms with Crippen molar-refractivity contribution < 1.29 is 19.5 Å². The van der Waals surface area contributed by atoms with Crippen molar-refractivity contribution in [3.63, 3.8) is 0 Å². The zero-order valence-corrected chi connectivity index (χ0v) is 14.5. The van der Waals surface area contributed by atoms with Crippen LogP contribution in [0.1, 0.15) is 23.2 Å². The van der Waals surface area contributed by atoms with Gasteiger partial charge in [0.1, 0.15) is 0 Å². The number of carbonyl (C=O) groups is 3. The monoisotopic (exact) mass is 371 g/mol. The molecule has 0 aliphatic heterocycles. The highest BCUT2D eigenvalue weighted by Gasteiger charge is 2.33. The van der Waals surface area contributed by atoms with Gasteiger partial charge < -0.3 is 10.4 Å². The molecule has 0 spiro atoms. The lowest BCUT2D eigenvalue weighted by molar-refractivity contribution is -0.146. The Kier molecular flexibility index (Phi) is 5.43. The Labute approximate surface area is 153 Å². The summed E-state index contributed by atoms with van der Waals surface area (Å²) in [6, 6.07) is 6.41. The summed E-state index contributed by atoms with van der Waals surface area (Å²) in [5.74, 6) is -2.92. The van der Waals surface area contributed by atoms with Crippen LogP contribution < -0.4 is 10.6 Å². The van der Waals surface area contributed by atoms with Crippen LogP contribution in [0.3, 0.4) is 0 Å². The molecule has 2 atom stereocenters. The lowest BCUT2D eigenvalue weighted by Crippen LogP contribution is -2.34. The quantitative estimate of drug-likeness (QED) is 0.700. The van der Waals surface area contributed by atoms with Crippen molar-refractivity contribution in [1.29, 1.82) is 0 Å². The van der Waals surface area contributed by atoms with Crippen molar-refractivity contribution in [2.24, 2.45) is 11.8 Å². The summed E-state index contributed by atoms with van der Waals surface area (Å²) in [6.07, 6.45) is 5.97. The lowest BCUT2D eigenvalue weighted by atomic mass is 9.82. The first-order valence-electron chi connectivity index (χ1n) is 8.04. The number of hydrogen-bond donors (Lipinski definition) is 3. The number of carboxylic acids is 1. The largest absolute Gasteiger partial charge is 0.481 e. The summed E-state index contributed by atoms with van der Waals surface area (Å²) in [6.45, 7) is 0. The fourth-order valence-corrected chi connectivity index (χ4v) is 3.30. The van der Waals surface area contributed by atoms with Crippen molar-refractivity contribution in [1.82, 2.24) is 4.98 Å². The van der Waals surface area contributed by atoms with Gasteiger partial charge in [-0.15, -0.1) is 11.3 Å². The molecule has 3 N–H and O–H groups in total. The number of rotatable bonds is 5. The fraction of sp³-hybridized carbons (Fsp3) is 0.222. The number of nitrogens with zero attached hydrogens (tertiary/aromatic N) is 1. The maximum atomic E-state index is 12.4. The van der Waals surface area contributed by atoms with Gasteiger partial charge in [-0.3, -0.25) is 19.7 Å². The molecule has 0 saturated heterocycles. The minimum atomic E-state index is -0.969. The SMILES string of the molecule is O=C(Nc1nccs1)c1ccc(NC(=O)[C@H]2CC=CC[C@@H]2C(=O)O)cc1. The van der Waals surface area contributed by atoms with Crippen molar-refractivity contribution >= 4 is 39.9 Å². The molecule has 1 aromatic heterocycles. The Morgan fingerprint density at radius 2 is 1.73 bits per heavy atom. The second kappa shape index (κ2) is 7.92. The Morgan fingerprint density at radius 1 is 1.04 bits per heavy atom. The second-order valence-corrected chi connectivity index (χ2v) is 6.75. The molecule has 0 fully saturated rings. The summed E-state index contributed by atoms with van der Waals surface area (Å²) in [7, 11) is 0. The summed E-state index contributed by atoms with van der Waals surface area (Å²) >= 11 is 1.32. The summed E-state index contributed by atoms with van der Waals surface area (Å²) < 4.78 is 0. The van der Waals surface area contributed by atoms with Gasteiger partial charge in [0, 0.05) is 22.8 Å². The molecule has 8 heteroatoms. The van der Waals surface area contributed by atoms with E-state index in [-0.39, 0.29) is 11.8 Å². The number of hydrogen-bond acceptors (Lipinski definition) is 5. The van der Waals surface area contributed by atoms with Crippen LogP contribution in [-0.2, 0) is 9.59 Å². The van der Waals surface area contributed by atoms with E-state index in [1.807, 2.05) is 6.08 Å². The molecule has 26 heavy (non-hydrogen) atoms. The van der Waals surface area contributed by atoms with Crippen molar-refractivity contribution in [3.8, 4) is 0 Å². The van der Waals surface area contributed by atoms with E-state index in [2.05, 4.69) is 15.6 Å². The summed E-state index contributed by atoms with van der Waals surface area (Å²) in [5, 5.41) is 16.9. The average Bonchev–Trinajstić information content (AvgIpc) is 3.15. The predicted octanol–water partition coefficient (Wildman–Crippen LogP) is 3.00. The standard InChI is InChI=1S/C18H17N3O4S/c22-15(21-18-19-9-10-26-18)11-5-7-12(8-6-11)20-16(23)13-3-1-2-4-14(13)17(24)25/h1-2,5-10,13-14H,3-4H2,(H,20,23)(H,24,25)(H,19,21,22)/t13-,14-/m0/s1. The number of benzene rings is 1. The van der Waals surface area contributed by atoms with E-state index in [4.69, 9.17) is 0 Å². The highest BCUT2D eigenvalue weighted by Crippen LogP contribution is 2.27.